The molecule has 164 valence electrons. The molecule has 0 aliphatic heterocycles. The van der Waals surface area contributed by atoms with E-state index in [4.69, 9.17) is 21.7 Å². The third-order valence-corrected chi connectivity index (χ3v) is 4.86. The average molecular weight is 464 g/mol. The molecule has 0 aliphatic carbocycles. The molecule has 0 spiro atoms. The molecule has 0 unspecified atom stereocenters. The summed E-state index contributed by atoms with van der Waals surface area (Å²) >= 11 is 0. The molecule has 8 nitrogen and oxygen atoms in total. The average Bonchev–Trinajstić information content (AvgIpc) is 3.33. The van der Waals surface area contributed by atoms with Gasteiger partial charge in [-0.3, -0.25) is 9.59 Å². The van der Waals surface area contributed by atoms with Crippen molar-refractivity contribution in [2.75, 3.05) is 0 Å². The normalized spacial score (nSPS) is 12.5. The maximum atomic E-state index is 10.6. The second-order valence-corrected chi connectivity index (χ2v) is 7.02. The van der Waals surface area contributed by atoms with Crippen molar-refractivity contribution in [3.05, 3.63) is 72.1 Å². The van der Waals surface area contributed by atoms with Crippen LogP contribution in [0, 0.1) is 0 Å². The maximum Gasteiger partial charge on any atom is 0.320 e. The van der Waals surface area contributed by atoms with Gasteiger partial charge in [0.05, 0.1) is 0 Å². The van der Waals surface area contributed by atoms with Gasteiger partial charge < -0.3 is 31.6 Å². The SMILES string of the molecule is N[C@@H](Cc1c[nH]c2ccccc12)C(=O)O.N[C@@H](Cc1c[nH]c2ccccc12)C(=O)O.[Fe]. The summed E-state index contributed by atoms with van der Waals surface area (Å²) < 4.78 is 0. The van der Waals surface area contributed by atoms with Gasteiger partial charge in [-0.1, -0.05) is 36.4 Å². The number of benzene rings is 2. The quantitative estimate of drug-likeness (QED) is 0.240. The molecule has 4 aromatic rings. The molecule has 0 fully saturated rings. The zero-order valence-corrected chi connectivity index (χ0v) is 17.7. The van der Waals surface area contributed by atoms with Crippen LogP contribution in [0.1, 0.15) is 11.1 Å². The van der Waals surface area contributed by atoms with Gasteiger partial charge in [0.25, 0.3) is 0 Å². The van der Waals surface area contributed by atoms with Crippen LogP contribution in [0.2, 0.25) is 0 Å². The van der Waals surface area contributed by atoms with E-state index in [-0.39, 0.29) is 17.1 Å². The maximum absolute atomic E-state index is 10.6. The fourth-order valence-corrected chi connectivity index (χ4v) is 3.25. The number of H-pyrrole nitrogens is 2. The predicted octanol–water partition coefficient (Wildman–Crippen LogP) is 2.24. The Kier molecular flexibility index (Phi) is 8.41. The number of hydrogen-bond acceptors (Lipinski definition) is 4. The first-order chi connectivity index (χ1) is 14.4. The first-order valence-corrected chi connectivity index (χ1v) is 9.43. The topological polar surface area (TPSA) is 158 Å². The summed E-state index contributed by atoms with van der Waals surface area (Å²) in [6, 6.07) is 13.8. The summed E-state index contributed by atoms with van der Waals surface area (Å²) in [5.74, 6) is -1.94. The smallest absolute Gasteiger partial charge is 0.320 e. The van der Waals surface area contributed by atoms with Gasteiger partial charge in [-0.2, -0.15) is 0 Å². The van der Waals surface area contributed by atoms with E-state index in [1.165, 1.54) is 0 Å². The van der Waals surface area contributed by atoms with E-state index < -0.39 is 24.0 Å². The molecule has 8 N–H and O–H groups in total. The predicted molar refractivity (Wildman–Crippen MR) is 115 cm³/mol. The van der Waals surface area contributed by atoms with E-state index in [1.54, 1.807) is 0 Å². The van der Waals surface area contributed by atoms with E-state index in [9.17, 15) is 9.59 Å². The molecular formula is C22H24FeN4O4. The molecule has 0 saturated heterocycles. The number of para-hydroxylation sites is 2. The Morgan fingerprint density at radius 1 is 0.742 bits per heavy atom. The van der Waals surface area contributed by atoms with Crippen LogP contribution in [0.5, 0.6) is 0 Å². The molecule has 2 heterocycles. The number of aliphatic carboxylic acids is 2. The Morgan fingerprint density at radius 3 is 1.45 bits per heavy atom. The third-order valence-electron chi connectivity index (χ3n) is 4.86. The van der Waals surface area contributed by atoms with Gasteiger partial charge in [0.15, 0.2) is 0 Å². The summed E-state index contributed by atoms with van der Waals surface area (Å²) in [5.41, 5.74) is 14.9. The number of carboxylic acids is 2. The van der Waals surface area contributed by atoms with Crippen molar-refractivity contribution in [3.8, 4) is 0 Å². The van der Waals surface area contributed by atoms with E-state index in [0.29, 0.717) is 12.8 Å². The van der Waals surface area contributed by atoms with Gasteiger partial charge in [0, 0.05) is 64.1 Å². The number of aromatic nitrogens is 2. The number of nitrogens with one attached hydrogen (secondary N) is 2. The summed E-state index contributed by atoms with van der Waals surface area (Å²) in [4.78, 5) is 27.4. The molecule has 2 aromatic heterocycles. The molecule has 0 aliphatic rings. The fraction of sp³-hybridized carbons (Fsp3) is 0.182. The van der Waals surface area contributed by atoms with Gasteiger partial charge >= 0.3 is 11.9 Å². The van der Waals surface area contributed by atoms with Gasteiger partial charge in [0.1, 0.15) is 12.1 Å². The Labute approximate surface area is 189 Å². The monoisotopic (exact) mass is 464 g/mol. The summed E-state index contributed by atoms with van der Waals surface area (Å²) in [6.07, 6.45) is 4.32. The minimum atomic E-state index is -0.972. The third kappa shape index (κ3) is 5.96. The van der Waals surface area contributed by atoms with E-state index in [2.05, 4.69) is 9.97 Å². The molecule has 0 radical (unpaired) electrons. The number of carbonyl (C=O) groups is 2. The number of fused-ring (bicyclic) bond motifs is 2. The summed E-state index contributed by atoms with van der Waals surface area (Å²) in [5, 5.41) is 19.5. The van der Waals surface area contributed by atoms with Crippen LogP contribution in [0.3, 0.4) is 0 Å². The van der Waals surface area contributed by atoms with Gasteiger partial charge in [-0.25, -0.2) is 0 Å². The molecule has 0 bridgehead atoms. The number of aromatic amines is 2. The summed E-state index contributed by atoms with van der Waals surface area (Å²) in [7, 11) is 0. The Balaban J connectivity index is 0.000000213. The van der Waals surface area contributed by atoms with Crippen LogP contribution in [-0.4, -0.2) is 44.2 Å². The molecule has 0 amide bonds. The standard InChI is InChI=1S/2C11H12N2O2.Fe/c2*12-9(11(14)15)5-7-6-13-10-4-2-1-3-8(7)10;/h2*1-4,6,9,13H,5,12H2,(H,14,15);/t2*9-;/m00./s1. The molecule has 4 rings (SSSR count). The fourth-order valence-electron chi connectivity index (χ4n) is 3.25. The van der Waals surface area contributed by atoms with E-state index in [1.807, 2.05) is 60.9 Å². The van der Waals surface area contributed by atoms with Crippen molar-refractivity contribution in [3.63, 3.8) is 0 Å². The minimum Gasteiger partial charge on any atom is -0.480 e. The molecule has 2 aromatic carbocycles. The first-order valence-electron chi connectivity index (χ1n) is 9.43. The largest absolute Gasteiger partial charge is 0.480 e. The number of rotatable bonds is 6. The van der Waals surface area contributed by atoms with E-state index >= 15 is 0 Å². The molecule has 2 atom stereocenters. The zero-order valence-electron chi connectivity index (χ0n) is 16.6. The van der Waals surface area contributed by atoms with Crippen LogP contribution in [0.4, 0.5) is 0 Å². The summed E-state index contributed by atoms with van der Waals surface area (Å²) in [6.45, 7) is 0. The van der Waals surface area contributed by atoms with Gasteiger partial charge in [-0.15, -0.1) is 0 Å². The second-order valence-electron chi connectivity index (χ2n) is 7.02. The number of hydrogen-bond donors (Lipinski definition) is 6. The van der Waals surface area contributed by atoms with Gasteiger partial charge in [0.2, 0.25) is 0 Å². The second kappa shape index (κ2) is 10.8. The van der Waals surface area contributed by atoms with Crippen molar-refractivity contribution in [1.29, 1.82) is 0 Å². The Hall–Kier alpha value is -3.10. The molecule has 0 saturated carbocycles. The van der Waals surface area contributed by atoms with Crippen molar-refractivity contribution in [2.45, 2.75) is 24.9 Å². The number of carboxylic acid groups (broad SMARTS) is 2. The Morgan fingerprint density at radius 2 is 1.10 bits per heavy atom. The molecule has 9 heteroatoms. The van der Waals surface area contributed by atoms with Crippen molar-refractivity contribution in [1.82, 2.24) is 9.97 Å². The van der Waals surface area contributed by atoms with Crippen molar-refractivity contribution >= 4 is 33.7 Å². The number of nitrogens with two attached hydrogens (primary N) is 2. The molecular weight excluding hydrogens is 440 g/mol. The molecule has 31 heavy (non-hydrogen) atoms. The van der Waals surface area contributed by atoms with Crippen molar-refractivity contribution in [2.24, 2.45) is 11.5 Å². The van der Waals surface area contributed by atoms with Crippen LogP contribution >= 0.6 is 0 Å². The van der Waals surface area contributed by atoms with Crippen molar-refractivity contribution < 1.29 is 36.9 Å². The van der Waals surface area contributed by atoms with Crippen LogP contribution in [-0.2, 0) is 39.5 Å². The van der Waals surface area contributed by atoms with Gasteiger partial charge in [-0.05, 0) is 23.3 Å². The van der Waals surface area contributed by atoms with E-state index in [0.717, 1.165) is 32.9 Å². The van der Waals surface area contributed by atoms with Crippen LogP contribution in [0.15, 0.2) is 60.9 Å². The van der Waals surface area contributed by atoms with Crippen LogP contribution in [0.25, 0.3) is 21.8 Å². The Bertz CT molecular complexity index is 1080. The zero-order chi connectivity index (χ0) is 21.7. The van der Waals surface area contributed by atoms with Crippen LogP contribution < -0.4 is 11.5 Å². The first kappa shape index (κ1) is 24.2. The minimum absolute atomic E-state index is 0.